The molecule has 0 fully saturated rings. The quantitative estimate of drug-likeness (QED) is 0.592. The first-order valence-corrected chi connectivity index (χ1v) is 5.68. The fraction of sp³-hybridized carbons (Fsp3) is 0.333. The summed E-state index contributed by atoms with van der Waals surface area (Å²) in [5, 5.41) is 10.9. The molecule has 7 nitrogen and oxygen atoms in total. The average molecular weight is 266 g/mol. The molecule has 0 radical (unpaired) electrons. The molecule has 0 saturated carbocycles. The second kappa shape index (κ2) is 6.48. The van der Waals surface area contributed by atoms with E-state index in [0.717, 1.165) is 6.07 Å². The van der Waals surface area contributed by atoms with Gasteiger partial charge in [0, 0.05) is 18.1 Å². The van der Waals surface area contributed by atoms with Gasteiger partial charge in [-0.1, -0.05) is 6.92 Å². The molecule has 2 N–H and O–H groups in total. The van der Waals surface area contributed by atoms with Gasteiger partial charge in [0.25, 0.3) is 0 Å². The van der Waals surface area contributed by atoms with Gasteiger partial charge in [0.15, 0.2) is 11.5 Å². The molecule has 0 atom stereocenters. The van der Waals surface area contributed by atoms with Crippen LogP contribution in [0.3, 0.4) is 0 Å². The summed E-state index contributed by atoms with van der Waals surface area (Å²) in [6, 6.07) is 3.61. The van der Waals surface area contributed by atoms with E-state index < -0.39 is 10.8 Å². The van der Waals surface area contributed by atoms with E-state index in [0.29, 0.717) is 12.8 Å². The predicted molar refractivity (Wildman–Crippen MR) is 67.0 cm³/mol. The summed E-state index contributed by atoms with van der Waals surface area (Å²) in [5.41, 5.74) is 4.66. The molecule has 0 spiro atoms. The smallest absolute Gasteiger partial charge is 0.311 e. The van der Waals surface area contributed by atoms with Crippen molar-refractivity contribution < 1.29 is 19.2 Å². The van der Waals surface area contributed by atoms with E-state index in [1.165, 1.54) is 12.1 Å². The highest BCUT2D eigenvalue weighted by Gasteiger charge is 2.18. The molecule has 0 aliphatic carbocycles. The van der Waals surface area contributed by atoms with Crippen molar-refractivity contribution in [3.63, 3.8) is 0 Å². The topological polar surface area (TPSA) is 113 Å². The average Bonchev–Trinajstić information content (AvgIpc) is 2.36. The highest BCUT2D eigenvalue weighted by atomic mass is 16.6. The Labute approximate surface area is 109 Å². The third-order valence-electron chi connectivity index (χ3n) is 2.36. The van der Waals surface area contributed by atoms with Crippen LogP contribution in [-0.4, -0.2) is 23.2 Å². The number of amides is 1. The molecule has 0 aliphatic rings. The van der Waals surface area contributed by atoms with Gasteiger partial charge in [0.2, 0.25) is 5.91 Å². The number of hydrogen-bond donors (Lipinski definition) is 1. The van der Waals surface area contributed by atoms with Crippen molar-refractivity contribution in [2.24, 2.45) is 5.73 Å². The van der Waals surface area contributed by atoms with E-state index in [9.17, 15) is 19.7 Å². The standard InChI is InChI=1S/C12H14N2O5/c1-2-3-9(15)7-19-11-5-4-8(12(13)16)6-10(11)14(17)18/h4-6H,2-3,7H2,1H3,(H2,13,16). The van der Waals surface area contributed by atoms with Crippen molar-refractivity contribution in [2.75, 3.05) is 6.61 Å². The Morgan fingerprint density at radius 2 is 2.11 bits per heavy atom. The van der Waals surface area contributed by atoms with Crippen LogP contribution in [0, 0.1) is 10.1 Å². The van der Waals surface area contributed by atoms with Crippen LogP contribution in [0.1, 0.15) is 30.1 Å². The number of primary amides is 1. The van der Waals surface area contributed by atoms with Crippen LogP contribution in [0.15, 0.2) is 18.2 Å². The molecular formula is C12H14N2O5. The number of benzene rings is 1. The van der Waals surface area contributed by atoms with Crippen LogP contribution in [-0.2, 0) is 4.79 Å². The number of hydrogen-bond acceptors (Lipinski definition) is 5. The van der Waals surface area contributed by atoms with Crippen LogP contribution < -0.4 is 10.5 Å². The van der Waals surface area contributed by atoms with Gasteiger partial charge in [0.1, 0.15) is 6.61 Å². The highest BCUT2D eigenvalue weighted by molar-refractivity contribution is 5.93. The van der Waals surface area contributed by atoms with Gasteiger partial charge in [-0.05, 0) is 18.6 Å². The Morgan fingerprint density at radius 1 is 1.42 bits per heavy atom. The zero-order valence-electron chi connectivity index (χ0n) is 10.4. The molecule has 102 valence electrons. The molecule has 1 aromatic carbocycles. The summed E-state index contributed by atoms with van der Waals surface area (Å²) in [7, 11) is 0. The lowest BCUT2D eigenvalue weighted by atomic mass is 10.2. The molecule has 7 heteroatoms. The van der Waals surface area contributed by atoms with Gasteiger partial charge in [-0.2, -0.15) is 0 Å². The van der Waals surface area contributed by atoms with Gasteiger partial charge in [-0.3, -0.25) is 19.7 Å². The van der Waals surface area contributed by atoms with E-state index in [4.69, 9.17) is 10.5 Å². The molecule has 1 rings (SSSR count). The van der Waals surface area contributed by atoms with Gasteiger partial charge in [-0.25, -0.2) is 0 Å². The molecule has 1 amide bonds. The van der Waals surface area contributed by atoms with Crippen molar-refractivity contribution in [1.82, 2.24) is 0 Å². The normalized spacial score (nSPS) is 9.95. The summed E-state index contributed by atoms with van der Waals surface area (Å²) in [6.07, 6.45) is 1.04. The molecule has 0 aliphatic heterocycles. The Hall–Kier alpha value is -2.44. The number of carbonyl (C=O) groups is 2. The second-order valence-corrected chi connectivity index (χ2v) is 3.88. The van der Waals surface area contributed by atoms with E-state index in [1.807, 2.05) is 6.92 Å². The maximum absolute atomic E-state index is 11.3. The first-order chi connectivity index (χ1) is 8.95. The lowest BCUT2D eigenvalue weighted by Gasteiger charge is -2.06. The van der Waals surface area contributed by atoms with E-state index in [1.54, 1.807) is 0 Å². The number of ketones is 1. The molecule has 0 bridgehead atoms. The monoisotopic (exact) mass is 266 g/mol. The minimum absolute atomic E-state index is 0.0129. The zero-order valence-corrected chi connectivity index (χ0v) is 10.4. The van der Waals surface area contributed by atoms with E-state index in [2.05, 4.69) is 0 Å². The fourth-order valence-electron chi connectivity index (χ4n) is 1.44. The van der Waals surface area contributed by atoms with Crippen LogP contribution >= 0.6 is 0 Å². The maximum atomic E-state index is 11.3. The first-order valence-electron chi connectivity index (χ1n) is 5.68. The minimum Gasteiger partial charge on any atom is -0.479 e. The van der Waals surface area contributed by atoms with Crippen LogP contribution in [0.4, 0.5) is 5.69 Å². The minimum atomic E-state index is -0.767. The van der Waals surface area contributed by atoms with Gasteiger partial charge < -0.3 is 10.5 Å². The van der Waals surface area contributed by atoms with Crippen molar-refractivity contribution >= 4 is 17.4 Å². The van der Waals surface area contributed by atoms with Gasteiger partial charge >= 0.3 is 5.69 Å². The van der Waals surface area contributed by atoms with Gasteiger partial charge in [0.05, 0.1) is 4.92 Å². The number of nitrogens with two attached hydrogens (primary N) is 1. The van der Waals surface area contributed by atoms with Crippen LogP contribution in [0.2, 0.25) is 0 Å². The second-order valence-electron chi connectivity index (χ2n) is 3.88. The third kappa shape index (κ3) is 4.06. The molecule has 1 aromatic rings. The number of ether oxygens (including phenoxy) is 1. The van der Waals surface area contributed by atoms with Gasteiger partial charge in [-0.15, -0.1) is 0 Å². The Morgan fingerprint density at radius 3 is 2.63 bits per heavy atom. The zero-order chi connectivity index (χ0) is 14.4. The third-order valence-corrected chi connectivity index (χ3v) is 2.36. The number of nitrogens with zero attached hydrogens (tertiary/aromatic N) is 1. The van der Waals surface area contributed by atoms with Crippen molar-refractivity contribution in [2.45, 2.75) is 19.8 Å². The SMILES string of the molecule is CCCC(=O)COc1ccc(C(N)=O)cc1[N+](=O)[O-]. The Kier molecular flexibility index (Phi) is 4.99. The molecule has 0 unspecified atom stereocenters. The van der Waals surface area contributed by atoms with Crippen molar-refractivity contribution in [3.8, 4) is 5.75 Å². The predicted octanol–water partition coefficient (Wildman–Crippen LogP) is 1.44. The molecule has 19 heavy (non-hydrogen) atoms. The highest BCUT2D eigenvalue weighted by Crippen LogP contribution is 2.27. The summed E-state index contributed by atoms with van der Waals surface area (Å²) in [6.45, 7) is 1.62. The lowest BCUT2D eigenvalue weighted by molar-refractivity contribution is -0.385. The maximum Gasteiger partial charge on any atom is 0.311 e. The Bertz CT molecular complexity index is 513. The van der Waals surface area contributed by atoms with Crippen molar-refractivity contribution in [3.05, 3.63) is 33.9 Å². The number of Topliss-reactive ketones (excluding diaryl/α,β-unsaturated/α-hetero) is 1. The van der Waals surface area contributed by atoms with E-state index in [-0.39, 0.29) is 29.4 Å². The molecule has 0 aromatic heterocycles. The van der Waals surface area contributed by atoms with Crippen molar-refractivity contribution in [1.29, 1.82) is 0 Å². The Balaban J connectivity index is 2.91. The fourth-order valence-corrected chi connectivity index (χ4v) is 1.44. The van der Waals surface area contributed by atoms with Crippen LogP contribution in [0.25, 0.3) is 0 Å². The summed E-state index contributed by atoms with van der Waals surface area (Å²) < 4.78 is 5.10. The summed E-state index contributed by atoms with van der Waals surface area (Å²) in [4.78, 5) is 32.4. The van der Waals surface area contributed by atoms with E-state index >= 15 is 0 Å². The first kappa shape index (κ1) is 14.6. The van der Waals surface area contributed by atoms with Crippen LogP contribution in [0.5, 0.6) is 5.75 Å². The number of nitro groups is 1. The number of rotatable bonds is 7. The summed E-state index contributed by atoms with van der Waals surface area (Å²) >= 11 is 0. The molecular weight excluding hydrogens is 252 g/mol. The number of nitro benzene ring substituents is 1. The summed E-state index contributed by atoms with van der Waals surface area (Å²) in [5.74, 6) is -0.966. The molecule has 0 saturated heterocycles. The lowest BCUT2D eigenvalue weighted by Crippen LogP contribution is -2.13. The number of carbonyl (C=O) groups excluding carboxylic acids is 2. The largest absolute Gasteiger partial charge is 0.479 e. The molecule has 0 heterocycles.